The van der Waals surface area contributed by atoms with Gasteiger partial charge in [-0.05, 0) is 58.5 Å². The molecule has 0 bridgehead atoms. The molecule has 0 rings (SSSR count). The number of carbonyl (C=O) groups is 5. The van der Waals surface area contributed by atoms with E-state index >= 15 is 0 Å². The largest absolute Gasteiger partial charge is 0.480 e. The molecular formula is C19H37N7O6. The Hall–Kier alpha value is -2.77. The normalized spacial score (nSPS) is 14.5. The molecule has 0 aliphatic rings. The Balaban J connectivity index is 5.36. The number of nitrogens with two attached hydrogens (primary N) is 4. The molecule has 0 aromatic carbocycles. The lowest BCUT2D eigenvalue weighted by molar-refractivity contribution is -0.142. The molecule has 4 unspecified atom stereocenters. The summed E-state index contributed by atoms with van der Waals surface area (Å²) in [5.74, 6) is -4.31. The number of unbranched alkanes of at least 4 members (excludes halogenated alkanes) is 2. The summed E-state index contributed by atoms with van der Waals surface area (Å²) in [4.78, 5) is 60.2. The zero-order chi connectivity index (χ0) is 24.7. The molecule has 0 heterocycles. The van der Waals surface area contributed by atoms with Crippen molar-refractivity contribution in [3.05, 3.63) is 0 Å². The molecule has 32 heavy (non-hydrogen) atoms. The first kappa shape index (κ1) is 29.2. The van der Waals surface area contributed by atoms with Crippen LogP contribution in [-0.4, -0.2) is 72.0 Å². The van der Waals surface area contributed by atoms with Crippen LogP contribution in [0.4, 0.5) is 0 Å². The van der Waals surface area contributed by atoms with Crippen molar-refractivity contribution in [3.8, 4) is 0 Å². The Morgan fingerprint density at radius 1 is 0.750 bits per heavy atom. The average Bonchev–Trinajstić information content (AvgIpc) is 2.71. The molecule has 184 valence electrons. The van der Waals surface area contributed by atoms with E-state index in [1.807, 2.05) is 0 Å². The molecule has 4 atom stereocenters. The van der Waals surface area contributed by atoms with Crippen molar-refractivity contribution in [2.45, 2.75) is 76.0 Å². The van der Waals surface area contributed by atoms with Gasteiger partial charge in [0.15, 0.2) is 0 Å². The highest BCUT2D eigenvalue weighted by molar-refractivity contribution is 5.96. The predicted molar refractivity (Wildman–Crippen MR) is 117 cm³/mol. The zero-order valence-electron chi connectivity index (χ0n) is 18.5. The van der Waals surface area contributed by atoms with E-state index in [2.05, 4.69) is 16.0 Å². The van der Waals surface area contributed by atoms with E-state index in [9.17, 15) is 29.1 Å². The van der Waals surface area contributed by atoms with Crippen LogP contribution in [-0.2, 0) is 24.0 Å². The lowest BCUT2D eigenvalue weighted by Crippen LogP contribution is -2.57. The van der Waals surface area contributed by atoms with E-state index in [1.165, 1.54) is 6.92 Å². The molecule has 0 saturated carbocycles. The number of amides is 4. The van der Waals surface area contributed by atoms with Crippen LogP contribution in [0.2, 0.25) is 0 Å². The summed E-state index contributed by atoms with van der Waals surface area (Å²) in [6.45, 7) is 2.21. The second kappa shape index (κ2) is 15.9. The minimum atomic E-state index is -1.42. The number of rotatable bonds is 17. The highest BCUT2D eigenvalue weighted by Crippen LogP contribution is 2.05. The Kier molecular flexibility index (Phi) is 14.6. The maximum atomic E-state index is 12.8. The highest BCUT2D eigenvalue weighted by Gasteiger charge is 2.30. The minimum Gasteiger partial charge on any atom is -0.480 e. The van der Waals surface area contributed by atoms with Crippen LogP contribution in [0.15, 0.2) is 0 Å². The monoisotopic (exact) mass is 459 g/mol. The van der Waals surface area contributed by atoms with Gasteiger partial charge in [0.05, 0.1) is 12.5 Å². The number of carboxylic acids is 1. The van der Waals surface area contributed by atoms with Crippen molar-refractivity contribution in [2.75, 3.05) is 13.1 Å². The van der Waals surface area contributed by atoms with Crippen molar-refractivity contribution >= 4 is 29.6 Å². The quantitative estimate of drug-likeness (QED) is 0.103. The van der Waals surface area contributed by atoms with Crippen molar-refractivity contribution in [1.29, 1.82) is 0 Å². The molecule has 0 aromatic rings. The average molecular weight is 460 g/mol. The van der Waals surface area contributed by atoms with Gasteiger partial charge in [0.2, 0.25) is 23.6 Å². The van der Waals surface area contributed by atoms with Gasteiger partial charge in [-0.2, -0.15) is 0 Å². The van der Waals surface area contributed by atoms with Crippen molar-refractivity contribution in [3.63, 3.8) is 0 Å². The van der Waals surface area contributed by atoms with Crippen LogP contribution in [0.1, 0.15) is 51.9 Å². The summed E-state index contributed by atoms with van der Waals surface area (Å²) in [7, 11) is 0. The second-order valence-corrected chi connectivity index (χ2v) is 7.55. The van der Waals surface area contributed by atoms with E-state index < -0.39 is 60.2 Å². The Morgan fingerprint density at radius 3 is 1.62 bits per heavy atom. The Labute approximate surface area is 187 Å². The van der Waals surface area contributed by atoms with Crippen LogP contribution < -0.4 is 38.9 Å². The first-order chi connectivity index (χ1) is 15.0. The maximum absolute atomic E-state index is 12.8. The first-order valence-electron chi connectivity index (χ1n) is 10.6. The molecule has 12 N–H and O–H groups in total. The SMILES string of the molecule is CC(N)C(=O)NC(CCCCN)C(=O)NC(CC(N)=O)C(=O)NC(CCCCN)C(=O)O. The first-order valence-corrected chi connectivity index (χ1v) is 10.6. The number of carboxylic acid groups (broad SMARTS) is 1. The van der Waals surface area contributed by atoms with Gasteiger partial charge in [0.25, 0.3) is 0 Å². The number of primary amides is 1. The summed E-state index contributed by atoms with van der Waals surface area (Å²) >= 11 is 0. The predicted octanol–water partition coefficient (Wildman–Crippen LogP) is -2.99. The summed E-state index contributed by atoms with van der Waals surface area (Å²) in [5.41, 5.74) is 21.6. The van der Waals surface area contributed by atoms with Crippen molar-refractivity contribution in [1.82, 2.24) is 16.0 Å². The molecule has 0 aromatic heterocycles. The molecular weight excluding hydrogens is 422 g/mol. The topological polar surface area (TPSA) is 246 Å². The molecule has 0 radical (unpaired) electrons. The summed E-state index contributed by atoms with van der Waals surface area (Å²) in [6, 6.07) is -4.53. The number of nitrogens with one attached hydrogen (secondary N) is 3. The van der Waals surface area contributed by atoms with E-state index in [1.54, 1.807) is 0 Å². The maximum Gasteiger partial charge on any atom is 0.326 e. The van der Waals surface area contributed by atoms with E-state index in [-0.39, 0.29) is 12.8 Å². The summed E-state index contributed by atoms with van der Waals surface area (Å²) in [5, 5.41) is 16.5. The van der Waals surface area contributed by atoms with Gasteiger partial charge in [0, 0.05) is 0 Å². The Morgan fingerprint density at radius 2 is 1.19 bits per heavy atom. The smallest absolute Gasteiger partial charge is 0.326 e. The van der Waals surface area contributed by atoms with Gasteiger partial charge in [-0.15, -0.1) is 0 Å². The molecule has 0 saturated heterocycles. The van der Waals surface area contributed by atoms with Crippen LogP contribution >= 0.6 is 0 Å². The van der Waals surface area contributed by atoms with Crippen LogP contribution in [0, 0.1) is 0 Å². The molecule has 0 aliphatic heterocycles. The standard InChI is InChI=1S/C19H37N7O6/c1-11(22)16(28)24-12(6-2-4-8-20)17(29)26-14(10-15(23)27)18(30)25-13(19(31)32)7-3-5-9-21/h11-14H,2-10,20-22H2,1H3,(H2,23,27)(H,24,28)(H,25,30)(H,26,29)(H,31,32). The van der Waals surface area contributed by atoms with E-state index in [4.69, 9.17) is 22.9 Å². The lowest BCUT2D eigenvalue weighted by Gasteiger charge is -2.24. The zero-order valence-corrected chi connectivity index (χ0v) is 18.5. The van der Waals surface area contributed by atoms with E-state index in [0.717, 1.165) is 0 Å². The molecule has 4 amide bonds. The van der Waals surface area contributed by atoms with E-state index in [0.29, 0.717) is 38.8 Å². The molecule has 0 aliphatic carbocycles. The lowest BCUT2D eigenvalue weighted by atomic mass is 10.1. The second-order valence-electron chi connectivity index (χ2n) is 7.55. The number of aliphatic carboxylic acids is 1. The third-order valence-electron chi connectivity index (χ3n) is 4.59. The fourth-order valence-electron chi connectivity index (χ4n) is 2.77. The summed E-state index contributed by atoms with van der Waals surface area (Å²) in [6.07, 6.45) is 1.96. The Bertz CT molecular complexity index is 644. The van der Waals surface area contributed by atoms with Crippen LogP contribution in [0.5, 0.6) is 0 Å². The van der Waals surface area contributed by atoms with Gasteiger partial charge < -0.3 is 44.0 Å². The fourth-order valence-corrected chi connectivity index (χ4v) is 2.77. The van der Waals surface area contributed by atoms with Gasteiger partial charge in [-0.25, -0.2) is 4.79 Å². The number of carbonyl (C=O) groups excluding carboxylic acids is 4. The van der Waals surface area contributed by atoms with Gasteiger partial charge in [0.1, 0.15) is 18.1 Å². The highest BCUT2D eigenvalue weighted by atomic mass is 16.4. The molecule has 13 nitrogen and oxygen atoms in total. The number of hydrogen-bond donors (Lipinski definition) is 8. The summed E-state index contributed by atoms with van der Waals surface area (Å²) < 4.78 is 0. The van der Waals surface area contributed by atoms with Gasteiger partial charge in [-0.1, -0.05) is 0 Å². The molecule has 0 spiro atoms. The molecule has 0 fully saturated rings. The fraction of sp³-hybridized carbons (Fsp3) is 0.737. The van der Waals surface area contributed by atoms with Gasteiger partial charge in [-0.3, -0.25) is 19.2 Å². The third-order valence-corrected chi connectivity index (χ3v) is 4.59. The third kappa shape index (κ3) is 12.2. The van der Waals surface area contributed by atoms with Crippen molar-refractivity contribution in [2.24, 2.45) is 22.9 Å². The molecule has 13 heteroatoms. The minimum absolute atomic E-state index is 0.127. The van der Waals surface area contributed by atoms with Crippen LogP contribution in [0.25, 0.3) is 0 Å². The van der Waals surface area contributed by atoms with Crippen molar-refractivity contribution < 1.29 is 29.1 Å². The number of hydrogen-bond acceptors (Lipinski definition) is 8. The van der Waals surface area contributed by atoms with Crippen LogP contribution in [0.3, 0.4) is 0 Å². The van der Waals surface area contributed by atoms with Gasteiger partial charge >= 0.3 is 5.97 Å².